The van der Waals surface area contributed by atoms with Gasteiger partial charge in [-0.1, -0.05) is 11.8 Å². The second kappa shape index (κ2) is 5.22. The zero-order valence-corrected chi connectivity index (χ0v) is 7.78. The minimum absolute atomic E-state index is 0.370. The zero-order valence-electron chi connectivity index (χ0n) is 7.78. The molecule has 0 aliphatic heterocycles. The Balaban J connectivity index is 2.24. The highest BCUT2D eigenvalue weighted by molar-refractivity contribution is 5.13. The molecule has 0 bridgehead atoms. The van der Waals surface area contributed by atoms with E-state index in [9.17, 15) is 0 Å². The number of aromatic nitrogens is 2. The average molecular weight is 180 g/mol. The molecule has 4 heteroatoms. The third kappa shape index (κ3) is 3.63. The van der Waals surface area contributed by atoms with Gasteiger partial charge in [-0.25, -0.2) is 0 Å². The van der Waals surface area contributed by atoms with E-state index in [4.69, 9.17) is 9.47 Å². The molecule has 1 aromatic heterocycles. The summed E-state index contributed by atoms with van der Waals surface area (Å²) in [6.07, 6.45) is 3.44. The first-order valence-electron chi connectivity index (χ1n) is 3.89. The first-order chi connectivity index (χ1) is 6.33. The van der Waals surface area contributed by atoms with E-state index in [-0.39, 0.29) is 0 Å². The summed E-state index contributed by atoms with van der Waals surface area (Å²) < 4.78 is 11.7. The van der Waals surface area contributed by atoms with Crippen molar-refractivity contribution in [2.75, 3.05) is 20.3 Å². The van der Waals surface area contributed by atoms with Crippen LogP contribution in [0.15, 0.2) is 12.4 Å². The molecule has 0 saturated heterocycles. The van der Waals surface area contributed by atoms with E-state index in [0.717, 1.165) is 5.75 Å². The van der Waals surface area contributed by atoms with Crippen molar-refractivity contribution in [3.05, 3.63) is 12.4 Å². The number of methoxy groups -OCH3 is 1. The number of nitrogens with zero attached hydrogens (tertiary/aromatic N) is 2. The van der Waals surface area contributed by atoms with Crippen LogP contribution < -0.4 is 4.74 Å². The van der Waals surface area contributed by atoms with Crippen molar-refractivity contribution in [1.82, 2.24) is 9.78 Å². The Bertz CT molecular complexity index is 309. The molecule has 13 heavy (non-hydrogen) atoms. The van der Waals surface area contributed by atoms with Crippen molar-refractivity contribution in [3.8, 4) is 17.6 Å². The normalized spacial score (nSPS) is 9.08. The van der Waals surface area contributed by atoms with E-state index < -0.39 is 0 Å². The molecule has 70 valence electrons. The molecular formula is C9H12N2O2. The minimum Gasteiger partial charge on any atom is -0.478 e. The van der Waals surface area contributed by atoms with Crippen molar-refractivity contribution in [1.29, 1.82) is 0 Å². The van der Waals surface area contributed by atoms with E-state index in [2.05, 4.69) is 16.9 Å². The predicted molar refractivity (Wildman–Crippen MR) is 48.4 cm³/mol. The number of aryl methyl sites for hydroxylation is 1. The highest BCUT2D eigenvalue weighted by Gasteiger charge is 1.92. The first-order valence-corrected chi connectivity index (χ1v) is 3.89. The van der Waals surface area contributed by atoms with E-state index in [1.165, 1.54) is 0 Å². The largest absolute Gasteiger partial charge is 0.478 e. The lowest BCUT2D eigenvalue weighted by atomic mass is 10.6. The fourth-order valence-electron chi connectivity index (χ4n) is 0.767. The van der Waals surface area contributed by atoms with Gasteiger partial charge in [-0.2, -0.15) is 5.10 Å². The quantitative estimate of drug-likeness (QED) is 0.633. The fourth-order valence-corrected chi connectivity index (χ4v) is 0.767. The van der Waals surface area contributed by atoms with Gasteiger partial charge in [0.15, 0.2) is 5.75 Å². The summed E-state index contributed by atoms with van der Waals surface area (Å²) in [4.78, 5) is 0. The van der Waals surface area contributed by atoms with E-state index >= 15 is 0 Å². The van der Waals surface area contributed by atoms with Gasteiger partial charge in [0, 0.05) is 14.2 Å². The maximum Gasteiger partial charge on any atom is 0.158 e. The predicted octanol–water partition coefficient (Wildman–Crippen LogP) is 0.449. The highest BCUT2D eigenvalue weighted by Crippen LogP contribution is 2.05. The molecule has 0 amide bonds. The summed E-state index contributed by atoms with van der Waals surface area (Å²) in [6, 6.07) is 0. The Morgan fingerprint density at radius 3 is 2.85 bits per heavy atom. The van der Waals surface area contributed by atoms with Gasteiger partial charge in [0.2, 0.25) is 0 Å². The van der Waals surface area contributed by atoms with Crippen LogP contribution in [0.5, 0.6) is 5.75 Å². The summed E-state index contributed by atoms with van der Waals surface area (Å²) in [7, 11) is 3.44. The monoisotopic (exact) mass is 180 g/mol. The van der Waals surface area contributed by atoms with Gasteiger partial charge in [-0.3, -0.25) is 4.68 Å². The van der Waals surface area contributed by atoms with Crippen LogP contribution in [0.25, 0.3) is 0 Å². The molecule has 1 aromatic rings. The van der Waals surface area contributed by atoms with Gasteiger partial charge in [0.1, 0.15) is 13.2 Å². The first kappa shape index (κ1) is 9.62. The van der Waals surface area contributed by atoms with Crippen LogP contribution in [0, 0.1) is 11.8 Å². The molecule has 0 saturated carbocycles. The molecular weight excluding hydrogens is 168 g/mol. The number of ether oxygens (including phenoxy) is 2. The van der Waals surface area contributed by atoms with Crippen molar-refractivity contribution < 1.29 is 9.47 Å². The number of hydrogen-bond donors (Lipinski definition) is 0. The van der Waals surface area contributed by atoms with Crippen molar-refractivity contribution in [3.63, 3.8) is 0 Å². The number of rotatable bonds is 3. The molecule has 4 nitrogen and oxygen atoms in total. The van der Waals surface area contributed by atoms with E-state index in [1.807, 2.05) is 7.05 Å². The van der Waals surface area contributed by atoms with E-state index in [0.29, 0.717) is 13.2 Å². The van der Waals surface area contributed by atoms with Gasteiger partial charge in [-0.05, 0) is 0 Å². The Morgan fingerprint density at radius 1 is 1.46 bits per heavy atom. The minimum atomic E-state index is 0.370. The molecule has 0 spiro atoms. The standard InChI is InChI=1S/C9H12N2O2/c1-11-8-9(7-10-11)13-6-4-3-5-12-2/h7-8H,5-6H2,1-2H3. The van der Waals surface area contributed by atoms with Crippen LogP contribution in [0.3, 0.4) is 0 Å². The van der Waals surface area contributed by atoms with Crippen LogP contribution >= 0.6 is 0 Å². The Morgan fingerprint density at radius 2 is 2.23 bits per heavy atom. The van der Waals surface area contributed by atoms with Gasteiger partial charge >= 0.3 is 0 Å². The van der Waals surface area contributed by atoms with Crippen LogP contribution in [-0.4, -0.2) is 30.1 Å². The molecule has 0 aliphatic rings. The lowest BCUT2D eigenvalue weighted by molar-refractivity contribution is 0.239. The summed E-state index contributed by atoms with van der Waals surface area (Å²) in [5.74, 6) is 6.33. The second-order valence-corrected chi connectivity index (χ2v) is 2.42. The Hall–Kier alpha value is -1.47. The Kier molecular flexibility index (Phi) is 3.86. The van der Waals surface area contributed by atoms with Crippen molar-refractivity contribution in [2.24, 2.45) is 7.05 Å². The van der Waals surface area contributed by atoms with Gasteiger partial charge in [-0.15, -0.1) is 0 Å². The third-order valence-corrected chi connectivity index (χ3v) is 1.33. The molecule has 0 fully saturated rings. The summed E-state index contributed by atoms with van der Waals surface area (Å²) in [5.41, 5.74) is 0. The maximum absolute atomic E-state index is 5.26. The molecule has 0 radical (unpaired) electrons. The summed E-state index contributed by atoms with van der Waals surface area (Å²) in [5, 5.41) is 3.95. The molecule has 1 rings (SSSR count). The highest BCUT2D eigenvalue weighted by atomic mass is 16.5. The van der Waals surface area contributed by atoms with Crippen molar-refractivity contribution in [2.45, 2.75) is 0 Å². The Labute approximate surface area is 77.5 Å². The average Bonchev–Trinajstić information content (AvgIpc) is 2.51. The lowest BCUT2D eigenvalue weighted by Crippen LogP contribution is -1.93. The van der Waals surface area contributed by atoms with Crippen LogP contribution in [0.4, 0.5) is 0 Å². The molecule has 0 atom stereocenters. The van der Waals surface area contributed by atoms with Crippen LogP contribution in [-0.2, 0) is 11.8 Å². The summed E-state index contributed by atoms with van der Waals surface area (Å²) >= 11 is 0. The lowest BCUT2D eigenvalue weighted by Gasteiger charge is -1.94. The van der Waals surface area contributed by atoms with Crippen molar-refractivity contribution >= 4 is 0 Å². The maximum atomic E-state index is 5.26. The molecule has 0 aliphatic carbocycles. The van der Waals surface area contributed by atoms with Gasteiger partial charge in [0.05, 0.1) is 12.4 Å². The molecule has 1 heterocycles. The third-order valence-electron chi connectivity index (χ3n) is 1.33. The zero-order chi connectivity index (χ0) is 9.52. The molecule has 0 unspecified atom stereocenters. The smallest absolute Gasteiger partial charge is 0.158 e. The topological polar surface area (TPSA) is 36.3 Å². The number of hydrogen-bond acceptors (Lipinski definition) is 3. The SMILES string of the molecule is COCC#CCOc1cnn(C)c1. The van der Waals surface area contributed by atoms with Gasteiger partial charge in [0.25, 0.3) is 0 Å². The fraction of sp³-hybridized carbons (Fsp3) is 0.444. The molecule has 0 aromatic carbocycles. The summed E-state index contributed by atoms with van der Waals surface area (Å²) in [6.45, 7) is 0.811. The van der Waals surface area contributed by atoms with E-state index in [1.54, 1.807) is 24.2 Å². The second-order valence-electron chi connectivity index (χ2n) is 2.42. The molecule has 0 N–H and O–H groups in total. The van der Waals surface area contributed by atoms with Crippen LogP contribution in [0.1, 0.15) is 0 Å². The van der Waals surface area contributed by atoms with Crippen LogP contribution in [0.2, 0.25) is 0 Å². The van der Waals surface area contributed by atoms with Gasteiger partial charge < -0.3 is 9.47 Å².